The molecule has 1 amide bonds. The predicted octanol–water partition coefficient (Wildman–Crippen LogP) is 2.58. The molecule has 0 fully saturated rings. The number of rotatable bonds is 2. The summed E-state index contributed by atoms with van der Waals surface area (Å²) in [6, 6.07) is 3.32. The van der Waals surface area contributed by atoms with E-state index in [2.05, 4.69) is 15.3 Å². The number of carbonyl (C=O) groups is 1. The second kappa shape index (κ2) is 5.24. The summed E-state index contributed by atoms with van der Waals surface area (Å²) >= 11 is 5.93. The van der Waals surface area contributed by atoms with Gasteiger partial charge in [0.05, 0.1) is 22.6 Å². The molecule has 0 saturated carbocycles. The molecule has 5 nitrogen and oxygen atoms in total. The van der Waals surface area contributed by atoms with Gasteiger partial charge in [0.15, 0.2) is 0 Å². The Labute approximate surface area is 115 Å². The number of nitrogens with two attached hydrogens (primary N) is 1. The number of nitrogens with zero attached hydrogens (tertiary/aromatic N) is 2. The average molecular weight is 277 g/mol. The molecule has 0 unspecified atom stereocenters. The first kappa shape index (κ1) is 13.3. The third-order valence-corrected chi connectivity index (χ3v) is 2.93. The number of halogens is 1. The van der Waals surface area contributed by atoms with Gasteiger partial charge in [0.1, 0.15) is 5.69 Å². The van der Waals surface area contributed by atoms with Crippen molar-refractivity contribution < 1.29 is 4.79 Å². The Kier molecular flexibility index (Phi) is 3.66. The van der Waals surface area contributed by atoms with Crippen molar-refractivity contribution in [2.75, 3.05) is 11.1 Å². The lowest BCUT2D eigenvalue weighted by Crippen LogP contribution is -2.15. The quantitative estimate of drug-likeness (QED) is 0.826. The third-order valence-electron chi connectivity index (χ3n) is 2.61. The number of hydrogen-bond donors (Lipinski definition) is 2. The number of aryl methyl sites for hydroxylation is 2. The highest BCUT2D eigenvalue weighted by Gasteiger charge is 2.11. The molecule has 0 aliphatic heterocycles. The van der Waals surface area contributed by atoms with Crippen LogP contribution in [-0.4, -0.2) is 15.9 Å². The largest absolute Gasteiger partial charge is 0.398 e. The number of benzene rings is 1. The second-order valence-electron chi connectivity index (χ2n) is 4.19. The van der Waals surface area contributed by atoms with E-state index in [-0.39, 0.29) is 11.6 Å². The zero-order valence-electron chi connectivity index (χ0n) is 10.6. The van der Waals surface area contributed by atoms with Gasteiger partial charge in [-0.25, -0.2) is 4.98 Å². The molecule has 1 aromatic carbocycles. The van der Waals surface area contributed by atoms with Gasteiger partial charge < -0.3 is 11.1 Å². The molecule has 0 spiro atoms. The molecule has 1 aromatic heterocycles. The lowest BCUT2D eigenvalue weighted by Gasteiger charge is -2.10. The minimum absolute atomic E-state index is 0.248. The van der Waals surface area contributed by atoms with Gasteiger partial charge in [0.2, 0.25) is 0 Å². The Morgan fingerprint density at radius 3 is 2.63 bits per heavy atom. The number of nitrogens with one attached hydrogen (secondary N) is 1. The first-order chi connectivity index (χ1) is 8.97. The molecule has 0 aliphatic rings. The van der Waals surface area contributed by atoms with Gasteiger partial charge in [-0.15, -0.1) is 0 Å². The minimum Gasteiger partial charge on any atom is -0.398 e. The molecule has 6 heteroatoms. The van der Waals surface area contributed by atoms with Gasteiger partial charge in [-0.3, -0.25) is 9.78 Å². The fraction of sp³-hybridized carbons (Fsp3) is 0.154. The number of hydrogen-bond acceptors (Lipinski definition) is 4. The van der Waals surface area contributed by atoms with E-state index >= 15 is 0 Å². The molecule has 0 bridgehead atoms. The van der Waals surface area contributed by atoms with Crippen LogP contribution in [-0.2, 0) is 0 Å². The summed E-state index contributed by atoms with van der Waals surface area (Å²) < 4.78 is 0. The van der Waals surface area contributed by atoms with Gasteiger partial charge in [-0.1, -0.05) is 11.6 Å². The van der Waals surface area contributed by atoms with Crippen LogP contribution in [0.4, 0.5) is 11.4 Å². The van der Waals surface area contributed by atoms with Crippen molar-refractivity contribution in [2.45, 2.75) is 13.8 Å². The molecule has 1 heterocycles. The van der Waals surface area contributed by atoms with E-state index < -0.39 is 0 Å². The molecular weight excluding hydrogens is 264 g/mol. The smallest absolute Gasteiger partial charge is 0.275 e. The van der Waals surface area contributed by atoms with Gasteiger partial charge in [0, 0.05) is 11.9 Å². The van der Waals surface area contributed by atoms with Crippen LogP contribution in [0, 0.1) is 13.8 Å². The lowest BCUT2D eigenvalue weighted by atomic mass is 10.1. The molecule has 98 valence electrons. The van der Waals surface area contributed by atoms with E-state index in [1.807, 2.05) is 6.92 Å². The molecule has 0 radical (unpaired) electrons. The maximum absolute atomic E-state index is 12.0. The van der Waals surface area contributed by atoms with Crippen LogP contribution in [0.5, 0.6) is 0 Å². The monoisotopic (exact) mass is 276 g/mol. The fourth-order valence-electron chi connectivity index (χ4n) is 1.53. The zero-order valence-corrected chi connectivity index (χ0v) is 11.3. The first-order valence-electron chi connectivity index (χ1n) is 5.63. The maximum atomic E-state index is 12.0. The summed E-state index contributed by atoms with van der Waals surface area (Å²) in [5.41, 5.74) is 8.59. The molecular formula is C13H13ClN4O. The molecule has 19 heavy (non-hydrogen) atoms. The summed E-state index contributed by atoms with van der Waals surface area (Å²) in [5.74, 6) is -0.337. The maximum Gasteiger partial charge on any atom is 0.275 e. The van der Waals surface area contributed by atoms with Crippen LogP contribution in [0.25, 0.3) is 0 Å². The van der Waals surface area contributed by atoms with Crippen molar-refractivity contribution in [3.05, 3.63) is 46.5 Å². The van der Waals surface area contributed by atoms with Crippen molar-refractivity contribution in [1.82, 2.24) is 9.97 Å². The Balaban J connectivity index is 2.24. The van der Waals surface area contributed by atoms with Crippen LogP contribution >= 0.6 is 11.6 Å². The molecule has 0 aliphatic carbocycles. The van der Waals surface area contributed by atoms with Crippen LogP contribution < -0.4 is 11.1 Å². The van der Waals surface area contributed by atoms with Crippen molar-refractivity contribution in [1.29, 1.82) is 0 Å². The standard InChI is InChI=1S/C13H13ClN4O/c1-7-3-10(15)9(14)4-11(7)18-13(19)12-6-16-8(2)5-17-12/h3-6H,15H2,1-2H3,(H,18,19). The summed E-state index contributed by atoms with van der Waals surface area (Å²) in [6.45, 7) is 3.64. The first-order valence-corrected chi connectivity index (χ1v) is 6.01. The molecule has 0 atom stereocenters. The SMILES string of the molecule is Cc1cnc(C(=O)Nc2cc(Cl)c(N)cc2C)cn1. The Hall–Kier alpha value is -2.14. The van der Waals surface area contributed by atoms with E-state index in [9.17, 15) is 4.79 Å². The summed E-state index contributed by atoms with van der Waals surface area (Å²) in [4.78, 5) is 20.0. The molecule has 0 saturated heterocycles. The van der Waals surface area contributed by atoms with Crippen molar-refractivity contribution in [3.63, 3.8) is 0 Å². The van der Waals surface area contributed by atoms with Crippen LogP contribution in [0.1, 0.15) is 21.7 Å². The number of nitrogen functional groups attached to an aromatic ring is 1. The minimum atomic E-state index is -0.337. The van der Waals surface area contributed by atoms with Gasteiger partial charge in [-0.2, -0.15) is 0 Å². The lowest BCUT2D eigenvalue weighted by molar-refractivity contribution is 0.102. The van der Waals surface area contributed by atoms with Crippen molar-refractivity contribution >= 4 is 28.9 Å². The summed E-state index contributed by atoms with van der Waals surface area (Å²) in [5, 5.41) is 3.13. The molecule has 2 rings (SSSR count). The number of carbonyl (C=O) groups excluding carboxylic acids is 1. The van der Waals surface area contributed by atoms with Crippen LogP contribution in [0.15, 0.2) is 24.5 Å². The van der Waals surface area contributed by atoms with Gasteiger partial charge in [-0.05, 0) is 31.5 Å². The topological polar surface area (TPSA) is 80.9 Å². The van der Waals surface area contributed by atoms with E-state index in [1.54, 1.807) is 19.1 Å². The highest BCUT2D eigenvalue weighted by atomic mass is 35.5. The fourth-order valence-corrected chi connectivity index (χ4v) is 1.70. The summed E-state index contributed by atoms with van der Waals surface area (Å²) in [7, 11) is 0. The Morgan fingerprint density at radius 1 is 1.26 bits per heavy atom. The highest BCUT2D eigenvalue weighted by molar-refractivity contribution is 6.33. The second-order valence-corrected chi connectivity index (χ2v) is 4.59. The molecule has 2 aromatic rings. The normalized spacial score (nSPS) is 10.3. The molecule has 3 N–H and O–H groups in total. The van der Waals surface area contributed by atoms with E-state index in [4.69, 9.17) is 17.3 Å². The van der Waals surface area contributed by atoms with Crippen LogP contribution in [0.2, 0.25) is 5.02 Å². The van der Waals surface area contributed by atoms with Crippen molar-refractivity contribution in [3.8, 4) is 0 Å². The Morgan fingerprint density at radius 2 is 2.00 bits per heavy atom. The van der Waals surface area contributed by atoms with Gasteiger partial charge in [0.25, 0.3) is 5.91 Å². The van der Waals surface area contributed by atoms with E-state index in [1.165, 1.54) is 12.4 Å². The van der Waals surface area contributed by atoms with E-state index in [0.717, 1.165) is 11.3 Å². The average Bonchev–Trinajstić information content (AvgIpc) is 2.36. The number of amides is 1. The number of anilines is 2. The zero-order chi connectivity index (χ0) is 14.0. The third kappa shape index (κ3) is 3.00. The van der Waals surface area contributed by atoms with Gasteiger partial charge >= 0.3 is 0 Å². The Bertz CT molecular complexity index is 625. The van der Waals surface area contributed by atoms with Crippen LogP contribution in [0.3, 0.4) is 0 Å². The number of aromatic nitrogens is 2. The highest BCUT2D eigenvalue weighted by Crippen LogP contribution is 2.26. The van der Waals surface area contributed by atoms with E-state index in [0.29, 0.717) is 16.4 Å². The predicted molar refractivity (Wildman–Crippen MR) is 75.3 cm³/mol. The summed E-state index contributed by atoms with van der Waals surface area (Å²) in [6.07, 6.45) is 2.97. The van der Waals surface area contributed by atoms with Crippen molar-refractivity contribution in [2.24, 2.45) is 0 Å².